The molecule has 0 fully saturated rings. The molecule has 0 heterocycles. The Bertz CT molecular complexity index is 395. The van der Waals surface area contributed by atoms with E-state index in [9.17, 15) is 22.4 Å². The topological polar surface area (TPSA) is 17.1 Å². The molecule has 5 heteroatoms. The van der Waals surface area contributed by atoms with Crippen molar-refractivity contribution in [2.45, 2.75) is 25.9 Å². The van der Waals surface area contributed by atoms with Crippen molar-refractivity contribution >= 4 is 5.78 Å². The van der Waals surface area contributed by atoms with E-state index >= 15 is 0 Å². The van der Waals surface area contributed by atoms with Crippen LogP contribution in [-0.4, -0.2) is 5.78 Å². The van der Waals surface area contributed by atoms with Gasteiger partial charge in [0.1, 0.15) is 5.82 Å². The van der Waals surface area contributed by atoms with Gasteiger partial charge in [-0.05, 0) is 24.6 Å². The molecule has 0 bridgehead atoms. The third-order valence-corrected chi connectivity index (χ3v) is 2.06. The third-order valence-electron chi connectivity index (χ3n) is 2.06. The van der Waals surface area contributed by atoms with Crippen LogP contribution >= 0.6 is 0 Å². The maximum absolute atomic E-state index is 12.8. The number of halogens is 4. The van der Waals surface area contributed by atoms with Crippen molar-refractivity contribution < 1.29 is 22.4 Å². The first kappa shape index (κ1) is 12.7. The summed E-state index contributed by atoms with van der Waals surface area (Å²) in [4.78, 5) is 11.4. The van der Waals surface area contributed by atoms with E-state index in [2.05, 4.69) is 0 Å². The van der Waals surface area contributed by atoms with Crippen LogP contribution < -0.4 is 0 Å². The van der Waals surface area contributed by atoms with Crippen LogP contribution in [0, 0.1) is 5.82 Å². The van der Waals surface area contributed by atoms with Crippen LogP contribution in [0.4, 0.5) is 17.6 Å². The van der Waals surface area contributed by atoms with E-state index < -0.39 is 28.9 Å². The predicted octanol–water partition coefficient (Wildman–Crippen LogP) is 3.83. The molecule has 0 N–H and O–H groups in total. The van der Waals surface area contributed by atoms with Crippen LogP contribution in [0.25, 0.3) is 0 Å². The lowest BCUT2D eigenvalue weighted by molar-refractivity contribution is -0.137. The van der Waals surface area contributed by atoms with Gasteiger partial charge in [0.25, 0.3) is 0 Å². The molecule has 1 aromatic rings. The molecule has 16 heavy (non-hydrogen) atoms. The summed E-state index contributed by atoms with van der Waals surface area (Å²) in [6.45, 7) is 1.67. The molecule has 0 spiro atoms. The normalized spacial score (nSPS) is 11.6. The summed E-state index contributed by atoms with van der Waals surface area (Å²) in [6.07, 6.45) is -4.23. The standard InChI is InChI=1S/C11H10F4O/c1-2-3-10(16)8-6-7(12)4-5-9(8)11(13,14)15/h4-6H,2-3H2,1H3. The Hall–Kier alpha value is -1.39. The maximum atomic E-state index is 12.8. The van der Waals surface area contributed by atoms with Crippen LogP contribution in [0.3, 0.4) is 0 Å². The van der Waals surface area contributed by atoms with E-state index in [1.807, 2.05) is 0 Å². The van der Waals surface area contributed by atoms with Crippen LogP contribution in [0.2, 0.25) is 0 Å². The Morgan fingerprint density at radius 2 is 1.94 bits per heavy atom. The number of rotatable bonds is 3. The molecule has 0 unspecified atom stereocenters. The molecule has 0 atom stereocenters. The van der Waals surface area contributed by atoms with E-state index in [1.165, 1.54) is 0 Å². The first-order chi connectivity index (χ1) is 7.36. The third kappa shape index (κ3) is 2.81. The molecule has 0 aromatic heterocycles. The van der Waals surface area contributed by atoms with Gasteiger partial charge in [-0.3, -0.25) is 4.79 Å². The zero-order valence-corrected chi connectivity index (χ0v) is 8.57. The van der Waals surface area contributed by atoms with Gasteiger partial charge in [0.05, 0.1) is 5.56 Å². The number of alkyl halides is 3. The first-order valence-electron chi connectivity index (χ1n) is 4.76. The smallest absolute Gasteiger partial charge is 0.294 e. The van der Waals surface area contributed by atoms with Crippen LogP contribution in [0.15, 0.2) is 18.2 Å². The summed E-state index contributed by atoms with van der Waals surface area (Å²) >= 11 is 0. The lowest BCUT2D eigenvalue weighted by atomic mass is 10.0. The molecule has 0 saturated carbocycles. The van der Waals surface area contributed by atoms with E-state index in [0.29, 0.717) is 24.6 Å². The summed E-state index contributed by atoms with van der Waals surface area (Å²) in [5.41, 5.74) is -1.67. The minimum absolute atomic E-state index is 0.0213. The maximum Gasteiger partial charge on any atom is 0.417 e. The SMILES string of the molecule is CCCC(=O)c1cc(F)ccc1C(F)(F)F. The number of Topliss-reactive ketones (excluding diaryl/α,β-unsaturated/α-hetero) is 1. The van der Waals surface area contributed by atoms with Gasteiger partial charge >= 0.3 is 6.18 Å². The fraction of sp³-hybridized carbons (Fsp3) is 0.364. The molecule has 1 nitrogen and oxygen atoms in total. The number of carbonyl (C=O) groups is 1. The van der Waals surface area contributed by atoms with Crippen molar-refractivity contribution in [2.24, 2.45) is 0 Å². The average molecular weight is 234 g/mol. The second kappa shape index (κ2) is 4.63. The van der Waals surface area contributed by atoms with Gasteiger partial charge in [-0.15, -0.1) is 0 Å². The Morgan fingerprint density at radius 1 is 1.31 bits per heavy atom. The predicted molar refractivity (Wildman–Crippen MR) is 50.6 cm³/mol. The van der Waals surface area contributed by atoms with Gasteiger partial charge in [0.15, 0.2) is 5.78 Å². The lowest BCUT2D eigenvalue weighted by Gasteiger charge is -2.11. The van der Waals surface area contributed by atoms with Gasteiger partial charge in [0.2, 0.25) is 0 Å². The second-order valence-electron chi connectivity index (χ2n) is 3.36. The van der Waals surface area contributed by atoms with Crippen molar-refractivity contribution in [1.29, 1.82) is 0 Å². The highest BCUT2D eigenvalue weighted by Crippen LogP contribution is 2.32. The van der Waals surface area contributed by atoms with Crippen LogP contribution in [-0.2, 0) is 6.18 Å². The zero-order valence-electron chi connectivity index (χ0n) is 8.57. The van der Waals surface area contributed by atoms with Gasteiger partial charge in [-0.25, -0.2) is 4.39 Å². The summed E-state index contributed by atoms with van der Waals surface area (Å²) in [5.74, 6) is -1.53. The molecule has 1 aromatic carbocycles. The molecule has 0 aliphatic rings. The van der Waals surface area contributed by atoms with E-state index in [0.717, 1.165) is 0 Å². The van der Waals surface area contributed by atoms with Gasteiger partial charge in [-0.2, -0.15) is 13.2 Å². The van der Waals surface area contributed by atoms with Gasteiger partial charge < -0.3 is 0 Å². The molecular weight excluding hydrogens is 224 g/mol. The highest BCUT2D eigenvalue weighted by Gasteiger charge is 2.34. The number of hydrogen-bond acceptors (Lipinski definition) is 1. The fourth-order valence-electron chi connectivity index (χ4n) is 1.36. The number of benzene rings is 1. The molecular formula is C11H10F4O. The van der Waals surface area contributed by atoms with Crippen molar-refractivity contribution in [1.82, 2.24) is 0 Å². The second-order valence-corrected chi connectivity index (χ2v) is 3.36. The summed E-state index contributed by atoms with van der Waals surface area (Å²) in [6, 6.07) is 1.94. The molecule has 0 amide bonds. The molecule has 0 aliphatic heterocycles. The Morgan fingerprint density at radius 3 is 2.44 bits per heavy atom. The van der Waals surface area contributed by atoms with E-state index in [-0.39, 0.29) is 6.42 Å². The van der Waals surface area contributed by atoms with Crippen LogP contribution in [0.5, 0.6) is 0 Å². The highest BCUT2D eigenvalue weighted by atomic mass is 19.4. The Kier molecular flexibility index (Phi) is 3.67. The summed E-state index contributed by atoms with van der Waals surface area (Å²) in [7, 11) is 0. The van der Waals surface area contributed by atoms with E-state index in [1.54, 1.807) is 6.92 Å². The van der Waals surface area contributed by atoms with Crippen molar-refractivity contribution in [3.8, 4) is 0 Å². The molecule has 0 aliphatic carbocycles. The highest BCUT2D eigenvalue weighted by molar-refractivity contribution is 5.97. The fourth-order valence-corrected chi connectivity index (χ4v) is 1.36. The van der Waals surface area contributed by atoms with Crippen molar-refractivity contribution in [3.05, 3.63) is 35.1 Å². The largest absolute Gasteiger partial charge is 0.417 e. The summed E-state index contributed by atoms with van der Waals surface area (Å²) in [5, 5.41) is 0. The van der Waals surface area contributed by atoms with E-state index in [4.69, 9.17) is 0 Å². The molecule has 0 saturated heterocycles. The quantitative estimate of drug-likeness (QED) is 0.573. The zero-order chi connectivity index (χ0) is 12.3. The Labute approximate surface area is 90.1 Å². The summed E-state index contributed by atoms with van der Waals surface area (Å²) < 4.78 is 50.3. The minimum Gasteiger partial charge on any atom is -0.294 e. The Balaban J connectivity index is 3.24. The molecule has 88 valence electrons. The first-order valence-corrected chi connectivity index (χ1v) is 4.76. The van der Waals surface area contributed by atoms with Gasteiger partial charge in [-0.1, -0.05) is 6.92 Å². The van der Waals surface area contributed by atoms with Gasteiger partial charge in [0, 0.05) is 12.0 Å². The number of hydrogen-bond donors (Lipinski definition) is 0. The number of ketones is 1. The minimum atomic E-state index is -4.63. The average Bonchev–Trinajstić information content (AvgIpc) is 2.16. The number of carbonyl (C=O) groups excluding carboxylic acids is 1. The molecule has 0 radical (unpaired) electrons. The monoisotopic (exact) mass is 234 g/mol. The van der Waals surface area contributed by atoms with Crippen molar-refractivity contribution in [2.75, 3.05) is 0 Å². The van der Waals surface area contributed by atoms with Crippen molar-refractivity contribution in [3.63, 3.8) is 0 Å². The molecule has 1 rings (SSSR count). The van der Waals surface area contributed by atoms with Crippen LogP contribution in [0.1, 0.15) is 35.7 Å². The lowest BCUT2D eigenvalue weighted by Crippen LogP contribution is -2.13.